The number of hydrogen-bond donors (Lipinski definition) is 1. The van der Waals surface area contributed by atoms with Crippen molar-refractivity contribution in [2.45, 2.75) is 26.4 Å². The van der Waals surface area contributed by atoms with E-state index in [9.17, 15) is 13.6 Å². The normalized spacial score (nSPS) is 12.5. The number of nitrogens with one attached hydrogen (secondary N) is 1. The van der Waals surface area contributed by atoms with Gasteiger partial charge in [-0.15, -0.1) is 11.3 Å². The Morgan fingerprint density at radius 1 is 1.36 bits per heavy atom. The van der Waals surface area contributed by atoms with Gasteiger partial charge in [-0.25, -0.2) is 8.78 Å². The molecular weight excluding hydrogens is 306 g/mol. The number of aryl methyl sites for hydroxylation is 1. The molecule has 0 saturated carbocycles. The van der Waals surface area contributed by atoms with Gasteiger partial charge in [-0.1, -0.05) is 0 Å². The zero-order chi connectivity index (χ0) is 16.3. The first-order valence-electron chi connectivity index (χ1n) is 6.87. The second kappa shape index (κ2) is 6.98. The Kier molecular flexibility index (Phi) is 5.26. The van der Waals surface area contributed by atoms with Crippen molar-refractivity contribution in [1.82, 2.24) is 4.90 Å². The van der Waals surface area contributed by atoms with Crippen LogP contribution in [0.4, 0.5) is 14.5 Å². The second-order valence-corrected chi connectivity index (χ2v) is 6.23. The molecule has 1 N–H and O–H groups in total. The van der Waals surface area contributed by atoms with E-state index in [-0.39, 0.29) is 11.6 Å². The van der Waals surface area contributed by atoms with Crippen LogP contribution in [0.1, 0.15) is 17.4 Å². The zero-order valence-electron chi connectivity index (χ0n) is 12.7. The van der Waals surface area contributed by atoms with Crippen LogP contribution in [-0.4, -0.2) is 23.9 Å². The maximum Gasteiger partial charge on any atom is 0.241 e. The first-order valence-corrected chi connectivity index (χ1v) is 7.75. The maximum atomic E-state index is 13.6. The van der Waals surface area contributed by atoms with Gasteiger partial charge in [0.1, 0.15) is 11.6 Å². The van der Waals surface area contributed by atoms with Crippen molar-refractivity contribution in [3.63, 3.8) is 0 Å². The molecule has 1 heterocycles. The van der Waals surface area contributed by atoms with Crippen LogP contribution in [0, 0.1) is 18.6 Å². The third-order valence-electron chi connectivity index (χ3n) is 3.59. The number of carbonyl (C=O) groups excluding carboxylic acids is 1. The lowest BCUT2D eigenvalue weighted by molar-refractivity contribution is -0.120. The summed E-state index contributed by atoms with van der Waals surface area (Å²) in [6, 6.07) is 4.68. The number of rotatable bonds is 5. The Balaban J connectivity index is 2.00. The van der Waals surface area contributed by atoms with Crippen LogP contribution in [0.2, 0.25) is 0 Å². The summed E-state index contributed by atoms with van der Waals surface area (Å²) in [4.78, 5) is 15.3. The van der Waals surface area contributed by atoms with Gasteiger partial charge in [0.15, 0.2) is 0 Å². The summed E-state index contributed by atoms with van der Waals surface area (Å²) in [6.07, 6.45) is 0. The van der Waals surface area contributed by atoms with Gasteiger partial charge >= 0.3 is 0 Å². The van der Waals surface area contributed by atoms with Gasteiger partial charge in [0, 0.05) is 17.5 Å². The zero-order valence-corrected chi connectivity index (χ0v) is 13.5. The molecule has 2 rings (SSSR count). The molecule has 1 atom stereocenters. The topological polar surface area (TPSA) is 32.3 Å². The van der Waals surface area contributed by atoms with E-state index in [1.54, 1.807) is 18.3 Å². The monoisotopic (exact) mass is 324 g/mol. The van der Waals surface area contributed by atoms with E-state index in [1.165, 1.54) is 16.5 Å². The van der Waals surface area contributed by atoms with Crippen molar-refractivity contribution in [2.24, 2.45) is 0 Å². The van der Waals surface area contributed by atoms with E-state index < -0.39 is 17.7 Å². The van der Waals surface area contributed by atoms with Gasteiger partial charge in [-0.2, -0.15) is 0 Å². The van der Waals surface area contributed by atoms with Crippen LogP contribution in [0.3, 0.4) is 0 Å². The fourth-order valence-corrected chi connectivity index (χ4v) is 2.93. The summed E-state index contributed by atoms with van der Waals surface area (Å²) in [5.41, 5.74) is 1.17. The number of benzene rings is 1. The molecule has 118 valence electrons. The first kappa shape index (κ1) is 16.6. The van der Waals surface area contributed by atoms with Crippen LogP contribution in [-0.2, 0) is 11.3 Å². The van der Waals surface area contributed by atoms with Crippen LogP contribution in [0.15, 0.2) is 29.6 Å². The molecule has 0 unspecified atom stereocenters. The molecule has 3 nitrogen and oxygen atoms in total. The second-order valence-electron chi connectivity index (χ2n) is 5.23. The van der Waals surface area contributed by atoms with Gasteiger partial charge in [-0.3, -0.25) is 9.69 Å². The summed E-state index contributed by atoms with van der Waals surface area (Å²) in [5, 5.41) is 4.50. The SMILES string of the molecule is Cc1ccsc1CN(C)[C@@H](C)C(=O)Nc1ccc(F)cc1F. The minimum absolute atomic E-state index is 0.0149. The minimum Gasteiger partial charge on any atom is -0.322 e. The summed E-state index contributed by atoms with van der Waals surface area (Å²) in [6.45, 7) is 4.42. The van der Waals surface area contributed by atoms with Crippen LogP contribution < -0.4 is 5.32 Å². The van der Waals surface area contributed by atoms with Crippen LogP contribution >= 0.6 is 11.3 Å². The quantitative estimate of drug-likeness (QED) is 0.907. The molecule has 0 aliphatic carbocycles. The highest BCUT2D eigenvalue weighted by molar-refractivity contribution is 7.10. The number of amides is 1. The molecule has 0 spiro atoms. The van der Waals surface area contributed by atoms with Crippen LogP contribution in [0.5, 0.6) is 0 Å². The van der Waals surface area contributed by atoms with Crippen molar-refractivity contribution in [2.75, 3.05) is 12.4 Å². The van der Waals surface area contributed by atoms with E-state index in [2.05, 4.69) is 5.32 Å². The molecule has 0 fully saturated rings. The summed E-state index contributed by atoms with van der Waals surface area (Å²) < 4.78 is 26.4. The number of thiophene rings is 1. The molecule has 1 amide bonds. The number of nitrogens with zero attached hydrogens (tertiary/aromatic N) is 1. The van der Waals surface area contributed by atoms with Crippen LogP contribution in [0.25, 0.3) is 0 Å². The average molecular weight is 324 g/mol. The van der Waals surface area contributed by atoms with E-state index in [0.717, 1.165) is 12.1 Å². The number of hydrogen-bond acceptors (Lipinski definition) is 3. The van der Waals surface area contributed by atoms with Crippen molar-refractivity contribution >= 4 is 22.9 Å². The summed E-state index contributed by atoms with van der Waals surface area (Å²) in [5.74, 6) is -1.78. The number of halogens is 2. The van der Waals surface area contributed by atoms with E-state index in [1.807, 2.05) is 30.3 Å². The standard InChI is InChI=1S/C16H18F2N2OS/c1-10-6-7-22-15(10)9-20(3)11(2)16(21)19-14-5-4-12(17)8-13(14)18/h4-8,11H,9H2,1-3H3,(H,19,21)/t11-/m0/s1. The summed E-state index contributed by atoms with van der Waals surface area (Å²) in [7, 11) is 1.84. The third kappa shape index (κ3) is 3.90. The van der Waals surface area contributed by atoms with Crippen molar-refractivity contribution in [3.05, 3.63) is 51.7 Å². The first-order chi connectivity index (χ1) is 10.4. The number of likely N-dealkylation sites (N-methyl/N-ethyl adjacent to an activating group) is 1. The van der Waals surface area contributed by atoms with Crippen molar-refractivity contribution in [1.29, 1.82) is 0 Å². The highest BCUT2D eigenvalue weighted by Gasteiger charge is 2.20. The largest absolute Gasteiger partial charge is 0.322 e. The van der Waals surface area contributed by atoms with Gasteiger partial charge in [0.05, 0.1) is 11.7 Å². The Labute approximate surface area is 132 Å². The lowest BCUT2D eigenvalue weighted by atomic mass is 10.2. The third-order valence-corrected chi connectivity index (χ3v) is 4.60. The predicted molar refractivity (Wildman–Crippen MR) is 85.0 cm³/mol. The highest BCUT2D eigenvalue weighted by atomic mass is 32.1. The molecule has 1 aromatic heterocycles. The molecule has 0 bridgehead atoms. The van der Waals surface area contributed by atoms with Crippen molar-refractivity contribution in [3.8, 4) is 0 Å². The molecule has 1 aromatic carbocycles. The lowest BCUT2D eigenvalue weighted by Crippen LogP contribution is -2.39. The van der Waals surface area contributed by atoms with Gasteiger partial charge in [0.2, 0.25) is 5.91 Å². The Hall–Kier alpha value is -1.79. The molecule has 0 aliphatic rings. The number of anilines is 1. The predicted octanol–water partition coefficient (Wildman–Crippen LogP) is 3.79. The minimum atomic E-state index is -0.780. The molecule has 22 heavy (non-hydrogen) atoms. The Bertz CT molecular complexity index is 672. The molecule has 6 heteroatoms. The van der Waals surface area contributed by atoms with E-state index >= 15 is 0 Å². The molecule has 0 radical (unpaired) electrons. The smallest absolute Gasteiger partial charge is 0.241 e. The molecule has 2 aromatic rings. The molecular formula is C16H18F2N2OS. The highest BCUT2D eigenvalue weighted by Crippen LogP contribution is 2.19. The fraction of sp³-hybridized carbons (Fsp3) is 0.312. The van der Waals surface area contributed by atoms with Gasteiger partial charge in [-0.05, 0) is 50.0 Å². The van der Waals surface area contributed by atoms with E-state index in [4.69, 9.17) is 0 Å². The molecule has 0 aliphatic heterocycles. The van der Waals surface area contributed by atoms with Gasteiger partial charge < -0.3 is 5.32 Å². The fourth-order valence-electron chi connectivity index (χ4n) is 1.96. The maximum absolute atomic E-state index is 13.6. The molecule has 0 saturated heterocycles. The lowest BCUT2D eigenvalue weighted by Gasteiger charge is -2.23. The van der Waals surface area contributed by atoms with Gasteiger partial charge in [0.25, 0.3) is 0 Å². The summed E-state index contributed by atoms with van der Waals surface area (Å²) >= 11 is 1.64. The van der Waals surface area contributed by atoms with Crippen molar-refractivity contribution < 1.29 is 13.6 Å². The Morgan fingerprint density at radius 2 is 2.09 bits per heavy atom. The number of carbonyl (C=O) groups is 1. The Morgan fingerprint density at radius 3 is 2.68 bits per heavy atom. The average Bonchev–Trinajstić information content (AvgIpc) is 2.86. The van der Waals surface area contributed by atoms with E-state index in [0.29, 0.717) is 6.54 Å².